The number of ketones is 1. The van der Waals surface area contributed by atoms with Crippen molar-refractivity contribution in [1.82, 2.24) is 0 Å². The molecule has 1 fully saturated rings. The van der Waals surface area contributed by atoms with E-state index in [0.717, 1.165) is 27.2 Å². The van der Waals surface area contributed by atoms with Gasteiger partial charge in [0.05, 0.1) is 12.2 Å². The van der Waals surface area contributed by atoms with E-state index in [-0.39, 0.29) is 11.3 Å². The third-order valence-electron chi connectivity index (χ3n) is 8.28. The maximum absolute atomic E-state index is 14.9. The highest BCUT2D eigenvalue weighted by atomic mass is 19.4. The van der Waals surface area contributed by atoms with Crippen LogP contribution in [0.3, 0.4) is 0 Å². The molecule has 34 heavy (non-hydrogen) atoms. The zero-order valence-corrected chi connectivity index (χ0v) is 20.9. The van der Waals surface area contributed by atoms with Gasteiger partial charge in [0.25, 0.3) is 5.60 Å². The van der Waals surface area contributed by atoms with Crippen molar-refractivity contribution < 1.29 is 27.5 Å². The molecule has 1 amide bonds. The summed E-state index contributed by atoms with van der Waals surface area (Å²) in [5.41, 5.74) is 4.53. The quantitative estimate of drug-likeness (QED) is 0.488. The van der Waals surface area contributed by atoms with Crippen molar-refractivity contribution in [3.05, 3.63) is 61.2 Å². The minimum absolute atomic E-state index is 0.0137. The zero-order valence-electron chi connectivity index (χ0n) is 20.9. The third-order valence-corrected chi connectivity index (χ3v) is 8.28. The Balaban J connectivity index is 1.97. The highest BCUT2D eigenvalue weighted by Gasteiger charge is 2.66. The summed E-state index contributed by atoms with van der Waals surface area (Å²) in [6.07, 6.45) is -4.96. The number of benzene rings is 2. The Labute approximate surface area is 198 Å². The fourth-order valence-corrected chi connectivity index (χ4v) is 5.88. The van der Waals surface area contributed by atoms with E-state index < -0.39 is 24.4 Å². The normalized spacial score (nSPS) is 20.3. The van der Waals surface area contributed by atoms with Crippen molar-refractivity contribution in [2.45, 2.75) is 80.0 Å². The van der Waals surface area contributed by atoms with Crippen LogP contribution in [-0.4, -0.2) is 24.6 Å². The summed E-state index contributed by atoms with van der Waals surface area (Å²) in [7, 11) is 0. The first kappa shape index (κ1) is 24.3. The molecule has 0 bridgehead atoms. The van der Waals surface area contributed by atoms with Crippen LogP contribution in [0.1, 0.15) is 72.4 Å². The van der Waals surface area contributed by atoms with Gasteiger partial charge < -0.3 is 4.74 Å². The van der Waals surface area contributed by atoms with Gasteiger partial charge in [-0.2, -0.15) is 13.2 Å². The molecule has 2 aliphatic rings. The monoisotopic (exact) mass is 473 g/mol. The fourth-order valence-electron chi connectivity index (χ4n) is 5.88. The lowest BCUT2D eigenvalue weighted by Gasteiger charge is -2.34. The van der Waals surface area contributed by atoms with E-state index in [0.29, 0.717) is 51.9 Å². The number of halogens is 3. The van der Waals surface area contributed by atoms with Gasteiger partial charge in [0, 0.05) is 17.5 Å². The molecule has 1 unspecified atom stereocenters. The molecule has 0 spiro atoms. The van der Waals surface area contributed by atoms with Crippen molar-refractivity contribution >= 4 is 17.6 Å². The number of fused-ring (bicyclic) bond motifs is 1. The lowest BCUT2D eigenvalue weighted by Crippen LogP contribution is -2.47. The number of rotatable bonds is 2. The van der Waals surface area contributed by atoms with Crippen molar-refractivity contribution in [3.8, 4) is 0 Å². The summed E-state index contributed by atoms with van der Waals surface area (Å²) in [6.45, 7) is 13.5. The number of ether oxygens (including phenoxy) is 1. The molecule has 4 nitrogen and oxygen atoms in total. The van der Waals surface area contributed by atoms with Crippen LogP contribution < -0.4 is 4.90 Å². The minimum Gasteiger partial charge on any atom is -0.426 e. The topological polar surface area (TPSA) is 46.6 Å². The Bertz CT molecular complexity index is 1250. The van der Waals surface area contributed by atoms with Gasteiger partial charge in [-0.25, -0.2) is 4.79 Å². The summed E-state index contributed by atoms with van der Waals surface area (Å²) in [6, 6.07) is 0. The number of nitrogens with zero attached hydrogens (tertiary/aromatic N) is 1. The summed E-state index contributed by atoms with van der Waals surface area (Å²) >= 11 is 0. The Morgan fingerprint density at radius 3 is 1.79 bits per heavy atom. The van der Waals surface area contributed by atoms with Gasteiger partial charge in [-0.1, -0.05) is 0 Å². The highest BCUT2D eigenvalue weighted by molar-refractivity contribution is 6.04. The molecular formula is C27H30F3NO3. The SMILES string of the molecule is Cc1c(C)c(C)c(C2(C(F)(F)F)CN(c3c(C)c(C)c4c(c3C)CCC4=O)C(=O)O2)c(C)c1C. The average molecular weight is 474 g/mol. The zero-order chi connectivity index (χ0) is 25.5. The van der Waals surface area contributed by atoms with E-state index in [4.69, 9.17) is 4.74 Å². The number of hydrogen-bond donors (Lipinski definition) is 0. The van der Waals surface area contributed by atoms with Gasteiger partial charge in [-0.05, 0) is 112 Å². The van der Waals surface area contributed by atoms with Gasteiger partial charge in [0.2, 0.25) is 0 Å². The number of Topliss-reactive ketones (excluding diaryl/α,β-unsaturated/α-hetero) is 1. The standard InChI is InChI=1S/C27H30F3NO3/c1-12-13(2)16(5)23(17(6)14(12)3)26(27(28,29)30)11-31(25(33)34-26)24-18(7)15(4)22-20(19(24)8)9-10-21(22)32/h9-11H2,1-8H3. The van der Waals surface area contributed by atoms with Crippen LogP contribution >= 0.6 is 0 Å². The van der Waals surface area contributed by atoms with Crippen LogP contribution in [-0.2, 0) is 16.8 Å². The average Bonchev–Trinajstić information content (AvgIpc) is 3.30. The molecule has 0 radical (unpaired) electrons. The molecular weight excluding hydrogens is 443 g/mol. The largest absolute Gasteiger partial charge is 0.434 e. The molecule has 0 N–H and O–H groups in total. The van der Waals surface area contributed by atoms with E-state index in [2.05, 4.69) is 0 Å². The van der Waals surface area contributed by atoms with Crippen LogP contribution in [0, 0.1) is 55.4 Å². The number of hydrogen-bond acceptors (Lipinski definition) is 3. The van der Waals surface area contributed by atoms with E-state index in [9.17, 15) is 22.8 Å². The number of anilines is 1. The maximum Gasteiger partial charge on any atom is 0.434 e. The second kappa shape index (κ2) is 7.59. The Morgan fingerprint density at radius 1 is 0.735 bits per heavy atom. The Kier molecular flexibility index (Phi) is 5.42. The van der Waals surface area contributed by atoms with E-state index in [1.165, 1.54) is 0 Å². The molecule has 0 aromatic heterocycles. The van der Waals surface area contributed by atoms with Gasteiger partial charge >= 0.3 is 12.3 Å². The predicted octanol–water partition coefficient (Wildman–Crippen LogP) is 6.70. The minimum atomic E-state index is -4.83. The van der Waals surface area contributed by atoms with Crippen LogP contribution in [0.15, 0.2) is 0 Å². The Hall–Kier alpha value is -2.83. The first-order valence-corrected chi connectivity index (χ1v) is 11.5. The molecule has 0 saturated carbocycles. The molecule has 1 saturated heterocycles. The van der Waals surface area contributed by atoms with E-state index >= 15 is 0 Å². The van der Waals surface area contributed by atoms with Gasteiger partial charge in [-0.3, -0.25) is 9.69 Å². The number of carbonyl (C=O) groups is 2. The van der Waals surface area contributed by atoms with E-state index in [1.54, 1.807) is 48.5 Å². The smallest absolute Gasteiger partial charge is 0.426 e. The van der Waals surface area contributed by atoms with Crippen molar-refractivity contribution in [1.29, 1.82) is 0 Å². The van der Waals surface area contributed by atoms with Crippen LogP contribution in [0.5, 0.6) is 0 Å². The molecule has 2 aromatic carbocycles. The van der Waals surface area contributed by atoms with Crippen LogP contribution in [0.25, 0.3) is 0 Å². The molecule has 1 heterocycles. The maximum atomic E-state index is 14.9. The van der Waals surface area contributed by atoms with Crippen LogP contribution in [0.4, 0.5) is 23.7 Å². The fraction of sp³-hybridized carbons (Fsp3) is 0.481. The molecule has 182 valence electrons. The Morgan fingerprint density at radius 2 is 1.26 bits per heavy atom. The molecule has 4 rings (SSSR count). The lowest BCUT2D eigenvalue weighted by atomic mass is 9.80. The second-order valence-corrected chi connectivity index (χ2v) is 9.78. The van der Waals surface area contributed by atoms with Crippen molar-refractivity contribution in [3.63, 3.8) is 0 Å². The van der Waals surface area contributed by atoms with Gasteiger partial charge in [0.15, 0.2) is 5.78 Å². The second-order valence-electron chi connectivity index (χ2n) is 9.78. The molecule has 7 heteroatoms. The van der Waals surface area contributed by atoms with Gasteiger partial charge in [0.1, 0.15) is 0 Å². The number of alkyl halides is 3. The lowest BCUT2D eigenvalue weighted by molar-refractivity contribution is -0.250. The number of amides is 1. The summed E-state index contributed by atoms with van der Waals surface area (Å²) in [4.78, 5) is 26.7. The summed E-state index contributed by atoms with van der Waals surface area (Å²) < 4.78 is 50.0. The first-order valence-electron chi connectivity index (χ1n) is 11.5. The number of carbonyl (C=O) groups excluding carboxylic acids is 2. The predicted molar refractivity (Wildman–Crippen MR) is 125 cm³/mol. The van der Waals surface area contributed by atoms with Crippen molar-refractivity contribution in [2.75, 3.05) is 11.4 Å². The first-order chi connectivity index (χ1) is 15.7. The van der Waals surface area contributed by atoms with Crippen LogP contribution in [0.2, 0.25) is 0 Å². The van der Waals surface area contributed by atoms with Crippen molar-refractivity contribution in [2.24, 2.45) is 0 Å². The molecule has 1 aliphatic heterocycles. The molecule has 1 aliphatic carbocycles. The number of cyclic esters (lactones) is 1. The van der Waals surface area contributed by atoms with Gasteiger partial charge in [-0.15, -0.1) is 0 Å². The molecule has 2 aromatic rings. The summed E-state index contributed by atoms with van der Waals surface area (Å²) in [5.74, 6) is 0.0377. The highest BCUT2D eigenvalue weighted by Crippen LogP contribution is 2.52. The third kappa shape index (κ3) is 3.05. The molecule has 1 atom stereocenters. The summed E-state index contributed by atoms with van der Waals surface area (Å²) in [5, 5.41) is 0. The van der Waals surface area contributed by atoms with E-state index in [1.807, 2.05) is 6.92 Å².